The number of nitrogens with zero attached hydrogens (tertiary/aromatic N) is 1. The Hall–Kier alpha value is -4.14. The average molecular weight is 503 g/mol. The van der Waals surface area contributed by atoms with Crippen molar-refractivity contribution in [2.24, 2.45) is 0 Å². The fourth-order valence-corrected chi connectivity index (χ4v) is 5.84. The summed E-state index contributed by atoms with van der Waals surface area (Å²) in [5, 5.41) is 7.68. The molecule has 0 aromatic heterocycles. The summed E-state index contributed by atoms with van der Waals surface area (Å²) in [7, 11) is 4.32. The number of rotatable bonds is 7. The molecule has 0 radical (unpaired) electrons. The molecule has 0 amide bonds. The van der Waals surface area contributed by atoms with Crippen LogP contribution in [0.2, 0.25) is 0 Å². The van der Waals surface area contributed by atoms with Gasteiger partial charge in [0, 0.05) is 6.54 Å². The molecule has 2 heteroatoms. The Bertz CT molecular complexity index is 1730. The van der Waals surface area contributed by atoms with Gasteiger partial charge in [0.05, 0.1) is 0 Å². The molecule has 1 nitrogen and oxygen atoms in total. The van der Waals surface area contributed by atoms with Crippen molar-refractivity contribution in [1.29, 1.82) is 0 Å². The topological polar surface area (TPSA) is 3.24 Å². The third-order valence-corrected chi connectivity index (χ3v) is 7.96. The quantitative estimate of drug-likeness (QED) is 0.202. The molecule has 39 heavy (non-hydrogen) atoms. The fraction of sp³-hybridized carbons (Fsp3) is 0.135. The van der Waals surface area contributed by atoms with E-state index in [9.17, 15) is 0 Å². The van der Waals surface area contributed by atoms with Gasteiger partial charge in [0.15, 0.2) is 0 Å². The lowest BCUT2D eigenvalue weighted by Crippen LogP contribution is -2.44. The van der Waals surface area contributed by atoms with Gasteiger partial charge in [-0.05, 0) is 71.4 Å². The van der Waals surface area contributed by atoms with E-state index in [0.29, 0.717) is 0 Å². The van der Waals surface area contributed by atoms with Gasteiger partial charge in [-0.2, -0.15) is 0 Å². The third kappa shape index (κ3) is 5.26. The summed E-state index contributed by atoms with van der Waals surface area (Å²) in [6, 6.07) is 47.1. The van der Waals surface area contributed by atoms with Crippen LogP contribution in [0.1, 0.15) is 18.9 Å². The molecule has 0 unspecified atom stereocenters. The van der Waals surface area contributed by atoms with Crippen molar-refractivity contribution in [3.63, 3.8) is 0 Å². The van der Waals surface area contributed by atoms with Gasteiger partial charge in [-0.3, -0.25) is 0 Å². The summed E-state index contributed by atoms with van der Waals surface area (Å²) in [6.45, 7) is 3.47. The van der Waals surface area contributed by atoms with Crippen LogP contribution < -0.4 is 10.9 Å². The lowest BCUT2D eigenvalue weighted by atomic mass is 9.34. The van der Waals surface area contributed by atoms with Gasteiger partial charge < -0.3 is 4.90 Å². The Balaban J connectivity index is 1.62. The Morgan fingerprint density at radius 3 is 1.46 bits per heavy atom. The predicted molar refractivity (Wildman–Crippen MR) is 173 cm³/mol. The van der Waals surface area contributed by atoms with Crippen LogP contribution in [-0.2, 0) is 0 Å². The minimum Gasteiger partial charge on any atom is -0.309 e. The molecule has 0 saturated carbocycles. The standard InChI is InChI=1S/C37H34BN/c1-27(22-23-39(2)3)37(34-17-16-28-10-4-7-13-31(28)24-34)38(35-20-18-29-11-5-8-14-32(29)25-35)36-21-19-30-12-6-9-15-33(30)26-36/h4-21,24-26H,22-23H2,1-3H3/b37-27-. The highest BCUT2D eigenvalue weighted by molar-refractivity contribution is 7.00. The maximum absolute atomic E-state index is 2.40. The number of hydrogen-bond acceptors (Lipinski definition) is 1. The highest BCUT2D eigenvalue weighted by Gasteiger charge is 2.27. The molecule has 0 aliphatic carbocycles. The van der Waals surface area contributed by atoms with Crippen LogP contribution in [0.25, 0.3) is 37.8 Å². The van der Waals surface area contributed by atoms with Crippen molar-refractivity contribution >= 4 is 55.4 Å². The summed E-state index contributed by atoms with van der Waals surface area (Å²) < 4.78 is 0. The molecule has 0 bridgehead atoms. The van der Waals surface area contributed by atoms with E-state index in [1.54, 1.807) is 0 Å². The maximum Gasteiger partial charge on any atom is 0.241 e. The van der Waals surface area contributed by atoms with E-state index in [1.165, 1.54) is 59.9 Å². The molecule has 0 fully saturated rings. The summed E-state index contributed by atoms with van der Waals surface area (Å²) in [5.41, 5.74) is 6.81. The molecule has 0 atom stereocenters. The Morgan fingerprint density at radius 1 is 0.538 bits per heavy atom. The maximum atomic E-state index is 2.40. The number of benzene rings is 6. The van der Waals surface area contributed by atoms with Gasteiger partial charge in [0.25, 0.3) is 0 Å². The van der Waals surface area contributed by atoms with Crippen LogP contribution >= 0.6 is 0 Å². The SMILES string of the molecule is C/C(CCN(C)C)=C(/B(c1ccc2ccccc2c1)c1ccc2ccccc2c1)c1ccc2ccccc2c1. The molecule has 0 heterocycles. The lowest BCUT2D eigenvalue weighted by molar-refractivity contribution is 0.413. The van der Waals surface area contributed by atoms with E-state index in [1.807, 2.05) is 0 Å². The largest absolute Gasteiger partial charge is 0.309 e. The first-order valence-corrected chi connectivity index (χ1v) is 13.9. The second-order valence-corrected chi connectivity index (χ2v) is 11.0. The van der Waals surface area contributed by atoms with Gasteiger partial charge in [0.1, 0.15) is 0 Å². The Labute approximate surface area is 232 Å². The smallest absolute Gasteiger partial charge is 0.241 e. The molecule has 0 saturated heterocycles. The Morgan fingerprint density at radius 2 is 0.974 bits per heavy atom. The normalized spacial score (nSPS) is 12.3. The van der Waals surface area contributed by atoms with Crippen molar-refractivity contribution in [1.82, 2.24) is 4.90 Å². The van der Waals surface area contributed by atoms with Gasteiger partial charge >= 0.3 is 0 Å². The second-order valence-electron chi connectivity index (χ2n) is 11.0. The summed E-state index contributed by atoms with van der Waals surface area (Å²) >= 11 is 0. The van der Waals surface area contributed by atoms with Crippen molar-refractivity contribution < 1.29 is 0 Å². The molecule has 0 spiro atoms. The summed E-state index contributed by atoms with van der Waals surface area (Å²) in [4.78, 5) is 2.28. The van der Waals surface area contributed by atoms with E-state index in [-0.39, 0.29) is 6.71 Å². The zero-order chi connectivity index (χ0) is 26.8. The molecule has 0 aliphatic heterocycles. The van der Waals surface area contributed by atoms with Crippen molar-refractivity contribution in [3.05, 3.63) is 139 Å². The van der Waals surface area contributed by atoms with Crippen LogP contribution in [0.4, 0.5) is 0 Å². The average Bonchev–Trinajstić information content (AvgIpc) is 2.98. The zero-order valence-corrected chi connectivity index (χ0v) is 23.1. The number of fused-ring (bicyclic) bond motifs is 3. The zero-order valence-electron chi connectivity index (χ0n) is 23.1. The lowest BCUT2D eigenvalue weighted by Gasteiger charge is -2.24. The molecule has 6 aromatic rings. The van der Waals surface area contributed by atoms with Crippen LogP contribution in [0.15, 0.2) is 133 Å². The fourth-order valence-electron chi connectivity index (χ4n) is 5.84. The molecule has 6 aromatic carbocycles. The highest BCUT2D eigenvalue weighted by Crippen LogP contribution is 2.29. The third-order valence-electron chi connectivity index (χ3n) is 7.96. The highest BCUT2D eigenvalue weighted by atomic mass is 15.0. The van der Waals surface area contributed by atoms with E-state index < -0.39 is 0 Å². The first-order valence-electron chi connectivity index (χ1n) is 13.9. The van der Waals surface area contributed by atoms with E-state index in [4.69, 9.17) is 0 Å². The minimum absolute atomic E-state index is 0.113. The van der Waals surface area contributed by atoms with Crippen LogP contribution in [0.3, 0.4) is 0 Å². The van der Waals surface area contributed by atoms with Crippen LogP contribution in [0.5, 0.6) is 0 Å². The summed E-state index contributed by atoms with van der Waals surface area (Å²) in [5.74, 6) is 0. The molecular weight excluding hydrogens is 469 g/mol. The van der Waals surface area contributed by atoms with Crippen molar-refractivity contribution in [3.8, 4) is 0 Å². The van der Waals surface area contributed by atoms with Crippen LogP contribution in [-0.4, -0.2) is 32.3 Å². The number of hydrogen-bond donors (Lipinski definition) is 0. The van der Waals surface area contributed by atoms with E-state index in [2.05, 4.69) is 153 Å². The molecule has 190 valence electrons. The van der Waals surface area contributed by atoms with Gasteiger partial charge in [-0.15, -0.1) is 0 Å². The minimum atomic E-state index is 0.113. The molecule has 6 rings (SSSR count). The van der Waals surface area contributed by atoms with Crippen molar-refractivity contribution in [2.45, 2.75) is 13.3 Å². The first kappa shape index (κ1) is 25.2. The van der Waals surface area contributed by atoms with Crippen LogP contribution in [0, 0.1) is 0 Å². The second kappa shape index (κ2) is 10.9. The van der Waals surface area contributed by atoms with Gasteiger partial charge in [-0.25, -0.2) is 0 Å². The van der Waals surface area contributed by atoms with E-state index in [0.717, 1.165) is 13.0 Å². The predicted octanol–water partition coefficient (Wildman–Crippen LogP) is 7.72. The molecule has 0 aliphatic rings. The monoisotopic (exact) mass is 503 g/mol. The Kier molecular flexibility index (Phi) is 7.05. The van der Waals surface area contributed by atoms with Gasteiger partial charge in [-0.1, -0.05) is 143 Å². The van der Waals surface area contributed by atoms with Gasteiger partial charge in [0.2, 0.25) is 6.71 Å². The van der Waals surface area contributed by atoms with E-state index >= 15 is 0 Å². The summed E-state index contributed by atoms with van der Waals surface area (Å²) in [6.07, 6.45) is 1.02. The van der Waals surface area contributed by atoms with Crippen molar-refractivity contribution in [2.75, 3.05) is 20.6 Å². The first-order chi connectivity index (χ1) is 19.1. The molecule has 0 N–H and O–H groups in total. The molecular formula is C37H34BN.